The third-order valence-electron chi connectivity index (χ3n) is 4.18. The number of rotatable bonds is 6. The van der Waals surface area contributed by atoms with Crippen molar-refractivity contribution in [3.8, 4) is 16.2 Å². The van der Waals surface area contributed by atoms with Crippen molar-refractivity contribution >= 4 is 17.3 Å². The van der Waals surface area contributed by atoms with Crippen molar-refractivity contribution < 1.29 is 36.2 Å². The van der Waals surface area contributed by atoms with Crippen molar-refractivity contribution in [1.82, 2.24) is 4.57 Å². The van der Waals surface area contributed by atoms with E-state index in [-0.39, 0.29) is 23.0 Å². The van der Waals surface area contributed by atoms with E-state index in [0.717, 1.165) is 30.6 Å². The van der Waals surface area contributed by atoms with E-state index in [1.54, 1.807) is 0 Å². The zero-order valence-corrected chi connectivity index (χ0v) is 18.9. The van der Waals surface area contributed by atoms with Gasteiger partial charge in [0.1, 0.15) is 12.4 Å². The van der Waals surface area contributed by atoms with Crippen molar-refractivity contribution in [2.24, 2.45) is 0 Å². The summed E-state index contributed by atoms with van der Waals surface area (Å²) in [6.07, 6.45) is 4.99. The number of hydrogen-bond acceptors (Lipinski definition) is 4. The van der Waals surface area contributed by atoms with Crippen LogP contribution in [0.2, 0.25) is 0 Å². The van der Waals surface area contributed by atoms with Crippen LogP contribution in [-0.2, 0) is 22.6 Å². The maximum Gasteiger partial charge on any atom is 0.302 e. The highest BCUT2D eigenvalue weighted by Crippen LogP contribution is 2.33. The van der Waals surface area contributed by atoms with Crippen LogP contribution in [0.3, 0.4) is 0 Å². The Labute approximate surface area is 181 Å². The molecule has 0 aliphatic heterocycles. The Morgan fingerprint density at radius 3 is 2.50 bits per heavy atom. The molecule has 0 saturated carbocycles. The van der Waals surface area contributed by atoms with Gasteiger partial charge in [-0.3, -0.25) is 4.79 Å². The number of benzene rings is 1. The summed E-state index contributed by atoms with van der Waals surface area (Å²) in [7, 11) is 0. The molecule has 1 N–H and O–H groups in total. The molecule has 0 aliphatic carbocycles. The zero-order valence-electron chi connectivity index (χ0n) is 16.5. The second-order valence-corrected chi connectivity index (χ2v) is 6.92. The molecule has 0 atom stereocenters. The highest BCUT2D eigenvalue weighted by Gasteiger charge is 2.09. The number of imidazole rings is 1. The average Bonchev–Trinajstić information content (AvgIpc) is 3.25. The van der Waals surface area contributed by atoms with Gasteiger partial charge in [-0.15, -0.1) is 11.3 Å². The van der Waals surface area contributed by atoms with Gasteiger partial charge in [-0.1, -0.05) is 30.3 Å². The predicted molar refractivity (Wildman–Crippen MR) is 108 cm³/mol. The number of carbonyl (C=O) groups is 1. The van der Waals surface area contributed by atoms with Gasteiger partial charge in [0.05, 0.1) is 19.7 Å². The van der Waals surface area contributed by atoms with Crippen molar-refractivity contribution in [3.63, 3.8) is 0 Å². The molecule has 2 heterocycles. The highest BCUT2D eigenvalue weighted by molar-refractivity contribution is 7.12. The molecule has 0 aliphatic rings. The van der Waals surface area contributed by atoms with Crippen LogP contribution < -0.4 is 21.5 Å². The van der Waals surface area contributed by atoms with Gasteiger partial charge in [-0.05, 0) is 23.9 Å². The quantitative estimate of drug-likeness (QED) is 0.337. The van der Waals surface area contributed by atoms with Gasteiger partial charge in [-0.2, -0.15) is 0 Å². The number of esters is 1. The summed E-state index contributed by atoms with van der Waals surface area (Å²) in [6.45, 7) is 8.03. The predicted octanol–water partition coefficient (Wildman–Crippen LogP) is 1.18. The standard InChI is InChI=1S/C11H19N2O2.C10H8OS.BrH/c1-4-12-7-8-13(10(12)2)6-5-9-15-11(3)14;11-10-9(6-7-12-10)8-4-2-1-3-5-8;/h7-8H,4-6,9H2,1-3H3;1-7,11H;1H/q+1;;/p-1. The molecule has 28 heavy (non-hydrogen) atoms. The molecule has 0 radical (unpaired) electrons. The number of nitrogens with zero attached hydrogens (tertiary/aromatic N) is 2. The lowest BCUT2D eigenvalue weighted by molar-refractivity contribution is -0.702. The van der Waals surface area contributed by atoms with E-state index in [0.29, 0.717) is 11.7 Å². The third kappa shape index (κ3) is 7.13. The largest absolute Gasteiger partial charge is 1.00 e. The van der Waals surface area contributed by atoms with Crippen LogP contribution in [0.15, 0.2) is 54.2 Å². The highest BCUT2D eigenvalue weighted by atomic mass is 79.9. The second-order valence-electron chi connectivity index (χ2n) is 6.02. The Bertz CT molecular complexity index is 846. The summed E-state index contributed by atoms with van der Waals surface area (Å²) in [5.41, 5.74) is 1.98. The van der Waals surface area contributed by atoms with Gasteiger partial charge in [0.2, 0.25) is 0 Å². The van der Waals surface area contributed by atoms with Crippen LogP contribution in [0.4, 0.5) is 0 Å². The van der Waals surface area contributed by atoms with Crippen molar-refractivity contribution in [2.75, 3.05) is 6.61 Å². The van der Waals surface area contributed by atoms with Crippen LogP contribution in [0, 0.1) is 6.92 Å². The lowest BCUT2D eigenvalue weighted by Crippen LogP contribution is -3.00. The monoisotopic (exact) mass is 466 g/mol. The summed E-state index contributed by atoms with van der Waals surface area (Å²) in [5, 5.41) is 11.7. The molecule has 3 rings (SSSR count). The summed E-state index contributed by atoms with van der Waals surface area (Å²) in [5.74, 6) is 1.03. The first-order valence-corrected chi connectivity index (χ1v) is 9.91. The first kappa shape index (κ1) is 23.9. The molecule has 3 aromatic rings. The number of aromatic nitrogens is 2. The van der Waals surface area contributed by atoms with Crippen LogP contribution in [-0.4, -0.2) is 22.2 Å². The zero-order chi connectivity index (χ0) is 19.6. The van der Waals surface area contributed by atoms with Gasteiger partial charge in [0.25, 0.3) is 5.82 Å². The number of hydrogen-bond donors (Lipinski definition) is 1. The number of ether oxygens (including phenoxy) is 1. The molecule has 0 fully saturated rings. The number of thiophene rings is 1. The molecule has 7 heteroatoms. The van der Waals surface area contributed by atoms with Gasteiger partial charge in [0, 0.05) is 25.8 Å². The Kier molecular flexibility index (Phi) is 10.6. The van der Waals surface area contributed by atoms with E-state index in [9.17, 15) is 9.90 Å². The molecule has 0 bridgehead atoms. The lowest BCUT2D eigenvalue weighted by Gasteiger charge is -2.01. The average molecular weight is 467 g/mol. The minimum absolute atomic E-state index is 0. The van der Waals surface area contributed by atoms with Crippen molar-refractivity contribution in [3.05, 3.63) is 60.0 Å². The second kappa shape index (κ2) is 12.4. The summed E-state index contributed by atoms with van der Waals surface area (Å²) in [4.78, 5) is 10.5. The van der Waals surface area contributed by atoms with Gasteiger partial charge in [0.15, 0.2) is 5.06 Å². The van der Waals surface area contributed by atoms with E-state index in [4.69, 9.17) is 4.74 Å². The molecule has 5 nitrogen and oxygen atoms in total. The van der Waals surface area contributed by atoms with Crippen LogP contribution in [0.5, 0.6) is 5.06 Å². The SMILES string of the molecule is CCn1cc[n+](CCCOC(C)=O)c1C.Oc1sccc1-c1ccccc1.[Br-]. The molecule has 2 aromatic heterocycles. The Hall–Kier alpha value is -2.12. The lowest BCUT2D eigenvalue weighted by atomic mass is 10.1. The molecular weight excluding hydrogens is 440 g/mol. The molecule has 1 aromatic carbocycles. The molecule has 0 amide bonds. The third-order valence-corrected chi connectivity index (χ3v) is 4.89. The minimum atomic E-state index is -0.206. The fraction of sp³-hybridized carbons (Fsp3) is 0.333. The van der Waals surface area contributed by atoms with E-state index in [1.165, 1.54) is 24.1 Å². The fourth-order valence-electron chi connectivity index (χ4n) is 2.70. The van der Waals surface area contributed by atoms with Crippen molar-refractivity contribution in [2.45, 2.75) is 40.3 Å². The summed E-state index contributed by atoms with van der Waals surface area (Å²) in [6, 6.07) is 11.8. The molecule has 0 saturated heterocycles. The summed E-state index contributed by atoms with van der Waals surface area (Å²) < 4.78 is 9.24. The Balaban J connectivity index is 0.000000275. The van der Waals surface area contributed by atoms with Crippen molar-refractivity contribution in [1.29, 1.82) is 0 Å². The van der Waals surface area contributed by atoms with Crippen LogP contribution in [0.1, 0.15) is 26.1 Å². The van der Waals surface area contributed by atoms with Crippen LogP contribution in [0.25, 0.3) is 11.1 Å². The van der Waals surface area contributed by atoms with E-state index in [2.05, 4.69) is 35.4 Å². The number of carbonyl (C=O) groups excluding carboxylic acids is 1. The molecule has 152 valence electrons. The van der Waals surface area contributed by atoms with Gasteiger partial charge in [-0.25, -0.2) is 9.13 Å². The number of halogens is 1. The Morgan fingerprint density at radius 2 is 1.96 bits per heavy atom. The van der Waals surface area contributed by atoms with Crippen LogP contribution >= 0.6 is 11.3 Å². The fourth-order valence-corrected chi connectivity index (χ4v) is 3.35. The number of aromatic hydroxyl groups is 1. The Morgan fingerprint density at radius 1 is 1.25 bits per heavy atom. The minimum Gasteiger partial charge on any atom is -1.00 e. The first-order chi connectivity index (χ1) is 13.0. The molecular formula is C21H27BrN2O3S. The summed E-state index contributed by atoms with van der Waals surface area (Å²) >= 11 is 1.35. The first-order valence-electron chi connectivity index (χ1n) is 9.03. The van der Waals surface area contributed by atoms with Gasteiger partial charge >= 0.3 is 5.97 Å². The molecule has 0 unspecified atom stereocenters. The van der Waals surface area contributed by atoms with E-state index in [1.807, 2.05) is 41.8 Å². The topological polar surface area (TPSA) is 55.3 Å². The maximum atomic E-state index is 10.5. The van der Waals surface area contributed by atoms with Gasteiger partial charge < -0.3 is 26.8 Å². The number of aryl methyl sites for hydroxylation is 2. The smallest absolute Gasteiger partial charge is 0.302 e. The maximum absolute atomic E-state index is 10.5. The normalized spacial score (nSPS) is 9.82. The van der Waals surface area contributed by atoms with E-state index >= 15 is 0 Å². The molecule has 0 spiro atoms. The van der Waals surface area contributed by atoms with E-state index < -0.39 is 0 Å².